The number of nitrogens with one attached hydrogen (secondary N) is 1. The summed E-state index contributed by atoms with van der Waals surface area (Å²) in [7, 11) is 2.13. The Hall–Kier alpha value is -0.290. The Morgan fingerprint density at radius 3 is 2.63 bits per heavy atom. The number of hydrogen-bond acceptors (Lipinski definition) is 2. The molecule has 0 saturated carbocycles. The summed E-state index contributed by atoms with van der Waals surface area (Å²) in [5.41, 5.74) is 2.51. The van der Waals surface area contributed by atoms with Gasteiger partial charge in [-0.15, -0.1) is 24.8 Å². The monoisotopic (exact) mass is 365 g/mol. The molecule has 0 radical (unpaired) electrons. The van der Waals surface area contributed by atoms with E-state index in [-0.39, 0.29) is 24.8 Å². The standard InChI is InChI=1S/C13H16BrN3.2ClH/c1-17-12(9-2-4-15-5-3-9)7-10-6-11(14)8-16-13(10)17;;/h6-9,15H,2-5H2,1H3;2*1H. The van der Waals surface area contributed by atoms with Crippen LogP contribution in [0.5, 0.6) is 0 Å². The van der Waals surface area contributed by atoms with Crippen LogP contribution in [0.4, 0.5) is 0 Å². The minimum Gasteiger partial charge on any atom is -0.332 e. The van der Waals surface area contributed by atoms with Gasteiger partial charge in [-0.3, -0.25) is 0 Å². The van der Waals surface area contributed by atoms with Crippen LogP contribution in [0.15, 0.2) is 22.8 Å². The molecule has 0 aliphatic carbocycles. The molecule has 3 nitrogen and oxygen atoms in total. The molecule has 2 aromatic heterocycles. The normalized spacial score (nSPS) is 15.9. The summed E-state index contributed by atoms with van der Waals surface area (Å²) >= 11 is 3.48. The van der Waals surface area contributed by atoms with Gasteiger partial charge in [0.25, 0.3) is 0 Å². The van der Waals surface area contributed by atoms with E-state index in [4.69, 9.17) is 0 Å². The summed E-state index contributed by atoms with van der Waals surface area (Å²) in [6.07, 6.45) is 4.32. The van der Waals surface area contributed by atoms with E-state index >= 15 is 0 Å². The van der Waals surface area contributed by atoms with E-state index in [1.807, 2.05) is 6.20 Å². The van der Waals surface area contributed by atoms with Gasteiger partial charge in [-0.25, -0.2) is 4.98 Å². The van der Waals surface area contributed by atoms with Crippen molar-refractivity contribution in [2.75, 3.05) is 13.1 Å². The minimum absolute atomic E-state index is 0. The average molecular weight is 367 g/mol. The molecular formula is C13H18BrCl2N3. The molecule has 6 heteroatoms. The fraction of sp³-hybridized carbons (Fsp3) is 0.462. The van der Waals surface area contributed by atoms with Gasteiger partial charge in [0.1, 0.15) is 5.65 Å². The zero-order chi connectivity index (χ0) is 11.8. The van der Waals surface area contributed by atoms with Gasteiger partial charge in [-0.2, -0.15) is 0 Å². The van der Waals surface area contributed by atoms with Crippen LogP contribution in [0.25, 0.3) is 11.0 Å². The van der Waals surface area contributed by atoms with Crippen LogP contribution in [-0.2, 0) is 7.05 Å². The number of nitrogens with zero attached hydrogens (tertiary/aromatic N) is 2. The van der Waals surface area contributed by atoms with E-state index in [2.05, 4.69) is 50.0 Å². The lowest BCUT2D eigenvalue weighted by Crippen LogP contribution is -2.27. The Morgan fingerprint density at radius 1 is 1.26 bits per heavy atom. The van der Waals surface area contributed by atoms with Crippen molar-refractivity contribution in [2.45, 2.75) is 18.8 Å². The summed E-state index contributed by atoms with van der Waals surface area (Å²) in [6.45, 7) is 2.26. The van der Waals surface area contributed by atoms with Crippen LogP contribution < -0.4 is 5.32 Å². The molecular weight excluding hydrogens is 349 g/mol. The summed E-state index contributed by atoms with van der Waals surface area (Å²) in [6, 6.07) is 4.44. The lowest BCUT2D eigenvalue weighted by atomic mass is 9.94. The fourth-order valence-corrected chi connectivity index (χ4v) is 3.07. The molecule has 1 fully saturated rings. The molecule has 0 atom stereocenters. The first kappa shape index (κ1) is 16.8. The van der Waals surface area contributed by atoms with E-state index in [1.165, 1.54) is 23.9 Å². The maximum Gasteiger partial charge on any atom is 0.139 e. The second-order valence-corrected chi connectivity index (χ2v) is 5.63. The first-order valence-electron chi connectivity index (χ1n) is 6.07. The van der Waals surface area contributed by atoms with Gasteiger partial charge in [0.15, 0.2) is 0 Å². The van der Waals surface area contributed by atoms with Crippen LogP contribution in [0, 0.1) is 0 Å². The Balaban J connectivity index is 0.000000902. The highest BCUT2D eigenvalue weighted by Crippen LogP contribution is 2.30. The molecule has 0 amide bonds. The highest BCUT2D eigenvalue weighted by Gasteiger charge is 2.19. The number of pyridine rings is 1. The molecule has 0 bridgehead atoms. The molecule has 0 unspecified atom stereocenters. The van der Waals surface area contributed by atoms with Crippen molar-refractivity contribution < 1.29 is 0 Å². The number of fused-ring (bicyclic) bond motifs is 1. The van der Waals surface area contributed by atoms with E-state index in [1.54, 1.807) is 0 Å². The summed E-state index contributed by atoms with van der Waals surface area (Å²) in [4.78, 5) is 4.50. The molecule has 3 rings (SSSR count). The van der Waals surface area contributed by atoms with Gasteiger partial charge in [0.2, 0.25) is 0 Å². The van der Waals surface area contributed by atoms with Gasteiger partial charge in [-0.1, -0.05) is 0 Å². The third-order valence-corrected chi connectivity index (χ3v) is 4.06. The van der Waals surface area contributed by atoms with E-state index < -0.39 is 0 Å². The van der Waals surface area contributed by atoms with Crippen molar-refractivity contribution in [3.8, 4) is 0 Å². The highest BCUT2D eigenvalue weighted by molar-refractivity contribution is 9.10. The molecule has 19 heavy (non-hydrogen) atoms. The zero-order valence-corrected chi connectivity index (χ0v) is 13.9. The Kier molecular flexibility index (Phi) is 6.12. The minimum atomic E-state index is 0. The second kappa shape index (κ2) is 6.93. The first-order chi connectivity index (χ1) is 8.25. The van der Waals surface area contributed by atoms with Gasteiger partial charge in [-0.05, 0) is 54.0 Å². The van der Waals surface area contributed by atoms with Crippen LogP contribution >= 0.6 is 40.7 Å². The molecule has 1 N–H and O–H groups in total. The maximum absolute atomic E-state index is 4.50. The predicted octanol–water partition coefficient (Wildman–Crippen LogP) is 3.65. The van der Waals surface area contributed by atoms with Gasteiger partial charge in [0, 0.05) is 34.7 Å². The third-order valence-electron chi connectivity index (χ3n) is 3.63. The molecule has 0 aromatic carbocycles. The number of piperidine rings is 1. The van der Waals surface area contributed by atoms with Crippen molar-refractivity contribution in [1.82, 2.24) is 14.9 Å². The number of halogens is 3. The predicted molar refractivity (Wildman–Crippen MR) is 87.8 cm³/mol. The molecule has 3 heterocycles. The van der Waals surface area contributed by atoms with Crippen molar-refractivity contribution in [1.29, 1.82) is 0 Å². The number of hydrogen-bond donors (Lipinski definition) is 1. The molecule has 1 aliphatic rings. The fourth-order valence-electron chi connectivity index (χ4n) is 2.72. The van der Waals surface area contributed by atoms with E-state index in [0.717, 1.165) is 23.2 Å². The SMILES string of the molecule is Cl.Cl.Cn1c(C2CCNCC2)cc2cc(Br)cnc21. The van der Waals surface area contributed by atoms with Crippen LogP contribution in [0.2, 0.25) is 0 Å². The number of aryl methyl sites for hydroxylation is 1. The third kappa shape index (κ3) is 3.24. The molecule has 2 aromatic rings. The van der Waals surface area contributed by atoms with Crippen LogP contribution in [0.1, 0.15) is 24.5 Å². The maximum atomic E-state index is 4.50. The average Bonchev–Trinajstić information content (AvgIpc) is 2.67. The Bertz CT molecular complexity index is 550. The Labute approximate surface area is 134 Å². The Morgan fingerprint density at radius 2 is 1.95 bits per heavy atom. The van der Waals surface area contributed by atoms with Crippen molar-refractivity contribution >= 4 is 51.8 Å². The molecule has 106 valence electrons. The van der Waals surface area contributed by atoms with Crippen LogP contribution in [0.3, 0.4) is 0 Å². The summed E-state index contributed by atoms with van der Waals surface area (Å²) in [5.74, 6) is 0.675. The van der Waals surface area contributed by atoms with Crippen molar-refractivity contribution in [3.63, 3.8) is 0 Å². The topological polar surface area (TPSA) is 29.9 Å². The molecule has 1 saturated heterocycles. The van der Waals surface area contributed by atoms with Gasteiger partial charge >= 0.3 is 0 Å². The van der Waals surface area contributed by atoms with E-state index in [0.29, 0.717) is 5.92 Å². The smallest absolute Gasteiger partial charge is 0.139 e. The van der Waals surface area contributed by atoms with E-state index in [9.17, 15) is 0 Å². The second-order valence-electron chi connectivity index (χ2n) is 4.72. The number of rotatable bonds is 1. The van der Waals surface area contributed by atoms with Crippen molar-refractivity contribution in [3.05, 3.63) is 28.5 Å². The van der Waals surface area contributed by atoms with Crippen LogP contribution in [-0.4, -0.2) is 22.6 Å². The van der Waals surface area contributed by atoms with Gasteiger partial charge < -0.3 is 9.88 Å². The number of aromatic nitrogens is 2. The summed E-state index contributed by atoms with van der Waals surface area (Å²) in [5, 5.41) is 4.65. The molecule has 1 aliphatic heterocycles. The lowest BCUT2D eigenvalue weighted by Gasteiger charge is -2.23. The van der Waals surface area contributed by atoms with Crippen molar-refractivity contribution in [2.24, 2.45) is 7.05 Å². The summed E-state index contributed by atoms with van der Waals surface area (Å²) < 4.78 is 3.30. The highest BCUT2D eigenvalue weighted by atomic mass is 79.9. The molecule has 0 spiro atoms. The largest absolute Gasteiger partial charge is 0.332 e. The van der Waals surface area contributed by atoms with Gasteiger partial charge in [0.05, 0.1) is 0 Å². The zero-order valence-electron chi connectivity index (χ0n) is 10.7. The first-order valence-corrected chi connectivity index (χ1v) is 6.86. The quantitative estimate of drug-likeness (QED) is 0.834. The lowest BCUT2D eigenvalue weighted by molar-refractivity contribution is 0.446.